The molecule has 0 spiro atoms. The summed E-state index contributed by atoms with van der Waals surface area (Å²) in [5, 5.41) is 8.89. The van der Waals surface area contributed by atoms with Gasteiger partial charge in [-0.25, -0.2) is 14.6 Å². The Morgan fingerprint density at radius 3 is 2.32 bits per heavy atom. The van der Waals surface area contributed by atoms with Gasteiger partial charge in [0.1, 0.15) is 5.82 Å². The number of hydrogen-bond acceptors (Lipinski definition) is 6. The highest BCUT2D eigenvalue weighted by Crippen LogP contribution is 2.34. The molecule has 0 aliphatic carbocycles. The first-order valence-electron chi connectivity index (χ1n) is 9.85. The van der Waals surface area contributed by atoms with Crippen LogP contribution in [0.5, 0.6) is 0 Å². The summed E-state index contributed by atoms with van der Waals surface area (Å²) in [5.41, 5.74) is 6.36. The second-order valence-corrected chi connectivity index (χ2v) is 7.31. The van der Waals surface area contributed by atoms with E-state index in [1.54, 1.807) is 7.11 Å². The van der Waals surface area contributed by atoms with Crippen LogP contribution in [-0.4, -0.2) is 45.2 Å². The van der Waals surface area contributed by atoms with E-state index in [1.165, 1.54) is 22.4 Å². The molecule has 3 aromatic rings. The molecular formula is C21H30N6O. The molecule has 2 heterocycles. The Balaban J connectivity index is 2.21. The number of ether oxygens (including phenoxy) is 1. The smallest absolute Gasteiger partial charge is 0.184 e. The van der Waals surface area contributed by atoms with Crippen LogP contribution in [0, 0.1) is 27.7 Å². The van der Waals surface area contributed by atoms with Crippen LogP contribution in [0.2, 0.25) is 0 Å². The molecule has 0 bridgehead atoms. The zero-order chi connectivity index (χ0) is 20.4. The molecule has 0 fully saturated rings. The third kappa shape index (κ3) is 3.58. The summed E-state index contributed by atoms with van der Waals surface area (Å²) >= 11 is 0. The number of hydrogen-bond donors (Lipinski definition) is 0. The molecule has 0 radical (unpaired) electrons. The molecule has 0 aliphatic rings. The number of aromatic nitrogens is 5. The molecule has 0 saturated carbocycles. The van der Waals surface area contributed by atoms with Gasteiger partial charge < -0.3 is 9.64 Å². The van der Waals surface area contributed by atoms with Crippen LogP contribution in [0.25, 0.3) is 11.2 Å². The van der Waals surface area contributed by atoms with Crippen LogP contribution in [-0.2, 0) is 4.74 Å². The molecule has 2 aromatic heterocycles. The van der Waals surface area contributed by atoms with Gasteiger partial charge in [-0.15, -0.1) is 5.10 Å². The summed E-state index contributed by atoms with van der Waals surface area (Å²) in [6, 6.07) is 4.51. The van der Waals surface area contributed by atoms with Crippen LogP contribution in [0.1, 0.15) is 48.8 Å². The summed E-state index contributed by atoms with van der Waals surface area (Å²) in [5.74, 6) is 1.51. The van der Waals surface area contributed by atoms with Crippen LogP contribution in [0.4, 0.5) is 11.5 Å². The minimum Gasteiger partial charge on any atom is -0.382 e. The van der Waals surface area contributed by atoms with Crippen LogP contribution < -0.4 is 4.90 Å². The van der Waals surface area contributed by atoms with Gasteiger partial charge in [0.2, 0.25) is 0 Å². The van der Waals surface area contributed by atoms with Gasteiger partial charge >= 0.3 is 0 Å². The van der Waals surface area contributed by atoms with Gasteiger partial charge in [-0.3, -0.25) is 0 Å². The fraction of sp³-hybridized carbons (Fsp3) is 0.524. The van der Waals surface area contributed by atoms with Gasteiger partial charge in [-0.2, -0.15) is 0 Å². The number of benzene rings is 1. The fourth-order valence-corrected chi connectivity index (χ4v) is 3.92. The van der Waals surface area contributed by atoms with E-state index in [2.05, 4.69) is 66.9 Å². The lowest BCUT2D eigenvalue weighted by molar-refractivity contribution is 0.148. The predicted molar refractivity (Wildman–Crippen MR) is 112 cm³/mol. The number of anilines is 2. The third-order valence-corrected chi connectivity index (χ3v) is 5.07. The lowest BCUT2D eigenvalue weighted by Crippen LogP contribution is -2.21. The van der Waals surface area contributed by atoms with Crippen molar-refractivity contribution in [3.8, 4) is 0 Å². The van der Waals surface area contributed by atoms with Crippen molar-refractivity contribution in [1.82, 2.24) is 25.0 Å². The summed E-state index contributed by atoms with van der Waals surface area (Å²) in [6.07, 6.45) is 0.887. The number of nitrogens with zero attached hydrogens (tertiary/aromatic N) is 6. The van der Waals surface area contributed by atoms with E-state index >= 15 is 0 Å². The van der Waals surface area contributed by atoms with Crippen LogP contribution in [0.3, 0.4) is 0 Å². The Kier molecular flexibility index (Phi) is 5.93. The molecule has 0 aliphatic heterocycles. The first kappa shape index (κ1) is 20.2. The summed E-state index contributed by atoms with van der Waals surface area (Å²) < 4.78 is 7.24. The minimum absolute atomic E-state index is 0.0927. The van der Waals surface area contributed by atoms with Crippen molar-refractivity contribution in [2.24, 2.45) is 0 Å². The Labute approximate surface area is 166 Å². The number of rotatable bonds is 7. The molecule has 0 saturated heterocycles. The molecule has 1 unspecified atom stereocenters. The third-order valence-electron chi connectivity index (χ3n) is 5.07. The minimum atomic E-state index is 0.0927. The Bertz CT molecular complexity index is 957. The molecule has 1 aromatic carbocycles. The molecule has 28 heavy (non-hydrogen) atoms. The van der Waals surface area contributed by atoms with Crippen molar-refractivity contribution in [3.63, 3.8) is 0 Å². The lowest BCUT2D eigenvalue weighted by atomic mass is 10.0. The highest BCUT2D eigenvalue weighted by atomic mass is 16.5. The largest absolute Gasteiger partial charge is 0.382 e. The van der Waals surface area contributed by atoms with Gasteiger partial charge in [0.25, 0.3) is 0 Å². The predicted octanol–water partition coefficient (Wildman–Crippen LogP) is 4.21. The quantitative estimate of drug-likeness (QED) is 0.610. The normalized spacial score (nSPS) is 12.5. The topological polar surface area (TPSA) is 69.0 Å². The van der Waals surface area contributed by atoms with Gasteiger partial charge in [-0.1, -0.05) is 29.8 Å². The molecule has 150 valence electrons. The molecule has 1 atom stereocenters. The van der Waals surface area contributed by atoms with Crippen molar-refractivity contribution in [3.05, 3.63) is 34.6 Å². The van der Waals surface area contributed by atoms with E-state index in [1.807, 2.05) is 11.6 Å². The van der Waals surface area contributed by atoms with E-state index in [-0.39, 0.29) is 6.04 Å². The van der Waals surface area contributed by atoms with E-state index in [9.17, 15) is 0 Å². The van der Waals surface area contributed by atoms with E-state index in [0.717, 1.165) is 29.9 Å². The van der Waals surface area contributed by atoms with Gasteiger partial charge in [0.05, 0.1) is 12.6 Å². The average Bonchev–Trinajstić information content (AvgIpc) is 3.05. The Morgan fingerprint density at radius 1 is 1.07 bits per heavy atom. The fourth-order valence-electron chi connectivity index (χ4n) is 3.92. The lowest BCUT2D eigenvalue weighted by Gasteiger charge is -2.26. The number of aryl methyl sites for hydroxylation is 4. The maximum atomic E-state index is 5.37. The van der Waals surface area contributed by atoms with Crippen LogP contribution >= 0.6 is 0 Å². The SMILES string of the molecule is CCC(COC)n1nnc2c(N(CC)c3c(C)cc(C)cc3C)nc(C)nc21. The Morgan fingerprint density at radius 2 is 1.75 bits per heavy atom. The van der Waals surface area contributed by atoms with Gasteiger partial charge in [-0.05, 0) is 52.2 Å². The standard InChI is InChI=1S/C21H30N6O/c1-8-17(12-28-7)27-21-18(24-25-27)20(22-16(6)23-21)26(9-2)19-14(4)10-13(3)11-15(19)5/h10-11,17H,8-9,12H2,1-7H3. The highest BCUT2D eigenvalue weighted by molar-refractivity contribution is 5.87. The molecular weight excluding hydrogens is 352 g/mol. The Hall–Kier alpha value is -2.54. The van der Waals surface area contributed by atoms with E-state index < -0.39 is 0 Å². The molecule has 3 rings (SSSR count). The summed E-state index contributed by atoms with van der Waals surface area (Å²) in [4.78, 5) is 11.6. The first-order chi connectivity index (χ1) is 13.4. The molecule has 0 N–H and O–H groups in total. The van der Waals surface area contributed by atoms with E-state index in [0.29, 0.717) is 12.4 Å². The zero-order valence-electron chi connectivity index (χ0n) is 17.9. The maximum Gasteiger partial charge on any atom is 0.184 e. The highest BCUT2D eigenvalue weighted by Gasteiger charge is 2.23. The van der Waals surface area contributed by atoms with Crippen molar-refractivity contribution in [1.29, 1.82) is 0 Å². The zero-order valence-corrected chi connectivity index (χ0v) is 17.9. The molecule has 7 heteroatoms. The second-order valence-electron chi connectivity index (χ2n) is 7.31. The summed E-state index contributed by atoms with van der Waals surface area (Å²) in [6.45, 7) is 13.9. The van der Waals surface area contributed by atoms with Crippen molar-refractivity contribution in [2.45, 2.75) is 54.0 Å². The monoisotopic (exact) mass is 382 g/mol. The van der Waals surface area contributed by atoms with E-state index in [4.69, 9.17) is 9.72 Å². The first-order valence-corrected chi connectivity index (χ1v) is 9.85. The van der Waals surface area contributed by atoms with Gasteiger partial charge in [0, 0.05) is 19.3 Å². The second kappa shape index (κ2) is 8.22. The van der Waals surface area contributed by atoms with Crippen molar-refractivity contribution >= 4 is 22.7 Å². The van der Waals surface area contributed by atoms with Crippen LogP contribution in [0.15, 0.2) is 12.1 Å². The molecule has 0 amide bonds. The molecule has 7 nitrogen and oxygen atoms in total. The van der Waals surface area contributed by atoms with Crippen molar-refractivity contribution < 1.29 is 4.74 Å². The van der Waals surface area contributed by atoms with Crippen molar-refractivity contribution in [2.75, 3.05) is 25.2 Å². The van der Waals surface area contributed by atoms with Gasteiger partial charge in [0.15, 0.2) is 17.0 Å². The number of fused-ring (bicyclic) bond motifs is 1. The summed E-state index contributed by atoms with van der Waals surface area (Å²) in [7, 11) is 1.70. The average molecular weight is 383 g/mol. The maximum absolute atomic E-state index is 5.37. The number of methoxy groups -OCH3 is 1.